The van der Waals surface area contributed by atoms with Crippen molar-refractivity contribution in [2.45, 2.75) is 24.8 Å². The van der Waals surface area contributed by atoms with E-state index >= 15 is 0 Å². The van der Waals surface area contributed by atoms with E-state index in [1.165, 1.54) is 12.1 Å². The summed E-state index contributed by atoms with van der Waals surface area (Å²) in [6.07, 6.45) is 2.14. The zero-order chi connectivity index (χ0) is 22.0. The highest BCUT2D eigenvalue weighted by Gasteiger charge is 2.24. The highest BCUT2D eigenvalue weighted by Crippen LogP contribution is 2.28. The fraction of sp³-hybridized carbons (Fsp3) is 0.316. The molecule has 2 aromatic rings. The Hall–Kier alpha value is -2.10. The number of sulfonamides is 1. The standard InChI is InChI=1S/C19H23ClN2O5S2/c1-13-17(20)6-5-7-18(13)22(29(4,26)27)12-19(23)21-14(2)15-8-10-16(11-9-15)28(3,24)25/h5-11,14H,12H2,1-4H3,(H,21,23). The van der Waals surface area contributed by atoms with Gasteiger partial charge in [0.05, 0.1) is 22.9 Å². The molecule has 0 spiro atoms. The number of rotatable bonds is 7. The highest BCUT2D eigenvalue weighted by atomic mass is 35.5. The van der Waals surface area contributed by atoms with E-state index in [0.29, 0.717) is 21.8 Å². The Morgan fingerprint density at radius 2 is 1.66 bits per heavy atom. The number of carbonyl (C=O) groups excluding carboxylic acids is 1. The van der Waals surface area contributed by atoms with Crippen LogP contribution in [0.4, 0.5) is 5.69 Å². The topological polar surface area (TPSA) is 101 Å². The molecule has 0 aliphatic rings. The summed E-state index contributed by atoms with van der Waals surface area (Å²) in [6, 6.07) is 10.5. The first-order valence-corrected chi connectivity index (χ1v) is 12.7. The molecule has 1 N–H and O–H groups in total. The Morgan fingerprint density at radius 1 is 1.07 bits per heavy atom. The maximum absolute atomic E-state index is 12.5. The van der Waals surface area contributed by atoms with Gasteiger partial charge in [-0.2, -0.15) is 0 Å². The largest absolute Gasteiger partial charge is 0.348 e. The molecule has 158 valence electrons. The lowest BCUT2D eigenvalue weighted by Crippen LogP contribution is -2.41. The van der Waals surface area contributed by atoms with Gasteiger partial charge in [0.2, 0.25) is 15.9 Å². The van der Waals surface area contributed by atoms with Gasteiger partial charge in [-0.25, -0.2) is 16.8 Å². The lowest BCUT2D eigenvalue weighted by Gasteiger charge is -2.25. The first-order valence-electron chi connectivity index (χ1n) is 8.63. The van der Waals surface area contributed by atoms with Gasteiger partial charge in [-0.3, -0.25) is 9.10 Å². The molecule has 0 heterocycles. The predicted octanol–water partition coefficient (Wildman–Crippen LogP) is 2.70. The number of carbonyl (C=O) groups is 1. The number of sulfone groups is 1. The Bertz CT molecular complexity index is 1110. The molecule has 0 saturated carbocycles. The summed E-state index contributed by atoms with van der Waals surface area (Å²) in [7, 11) is -7.04. The van der Waals surface area contributed by atoms with Gasteiger partial charge in [-0.1, -0.05) is 29.8 Å². The molecule has 0 saturated heterocycles. The van der Waals surface area contributed by atoms with Crippen molar-refractivity contribution in [2.75, 3.05) is 23.4 Å². The second kappa shape index (κ2) is 8.73. The van der Waals surface area contributed by atoms with Crippen LogP contribution in [0.1, 0.15) is 24.1 Å². The molecule has 1 unspecified atom stereocenters. The summed E-state index contributed by atoms with van der Waals surface area (Å²) >= 11 is 6.09. The molecule has 7 nitrogen and oxygen atoms in total. The average Bonchev–Trinajstić information content (AvgIpc) is 2.61. The maximum atomic E-state index is 12.5. The Labute approximate surface area is 176 Å². The predicted molar refractivity (Wildman–Crippen MR) is 114 cm³/mol. The summed E-state index contributed by atoms with van der Waals surface area (Å²) in [5.74, 6) is -0.505. The van der Waals surface area contributed by atoms with Gasteiger partial charge in [0, 0.05) is 11.3 Å². The number of hydrogen-bond acceptors (Lipinski definition) is 5. The smallest absolute Gasteiger partial charge is 0.241 e. The van der Waals surface area contributed by atoms with Crippen LogP contribution in [0.15, 0.2) is 47.4 Å². The van der Waals surface area contributed by atoms with Crippen LogP contribution in [0.3, 0.4) is 0 Å². The Balaban J connectivity index is 2.19. The van der Waals surface area contributed by atoms with Crippen LogP contribution in [0.25, 0.3) is 0 Å². The molecule has 10 heteroatoms. The van der Waals surface area contributed by atoms with Gasteiger partial charge in [-0.05, 0) is 49.2 Å². The number of hydrogen-bond donors (Lipinski definition) is 1. The lowest BCUT2D eigenvalue weighted by atomic mass is 10.1. The molecule has 0 radical (unpaired) electrons. The minimum Gasteiger partial charge on any atom is -0.348 e. The van der Waals surface area contributed by atoms with Crippen LogP contribution in [-0.4, -0.2) is 41.8 Å². The fourth-order valence-corrected chi connectivity index (χ4v) is 4.46. The lowest BCUT2D eigenvalue weighted by molar-refractivity contribution is -0.120. The van der Waals surface area contributed by atoms with Gasteiger partial charge in [0.25, 0.3) is 0 Å². The van der Waals surface area contributed by atoms with E-state index in [1.807, 2.05) is 0 Å². The van der Waals surface area contributed by atoms with Gasteiger partial charge in [-0.15, -0.1) is 0 Å². The van der Waals surface area contributed by atoms with E-state index in [-0.39, 0.29) is 4.90 Å². The number of halogens is 1. The zero-order valence-electron chi connectivity index (χ0n) is 16.5. The first-order chi connectivity index (χ1) is 13.3. The normalized spacial score (nSPS) is 13.0. The molecule has 0 aromatic heterocycles. The second-order valence-electron chi connectivity index (χ2n) is 6.78. The minimum atomic E-state index is -3.73. The molecule has 0 aliphatic carbocycles. The van der Waals surface area contributed by atoms with E-state index in [9.17, 15) is 21.6 Å². The minimum absolute atomic E-state index is 0.180. The molecule has 0 fully saturated rings. The van der Waals surface area contributed by atoms with Crippen molar-refractivity contribution in [3.8, 4) is 0 Å². The molecular weight excluding hydrogens is 436 g/mol. The number of nitrogens with one attached hydrogen (secondary N) is 1. The van der Waals surface area contributed by atoms with Gasteiger partial charge in [0.15, 0.2) is 9.84 Å². The van der Waals surface area contributed by atoms with Crippen LogP contribution in [0, 0.1) is 6.92 Å². The summed E-state index contributed by atoms with van der Waals surface area (Å²) < 4.78 is 48.6. The zero-order valence-corrected chi connectivity index (χ0v) is 18.9. The third kappa shape index (κ3) is 5.94. The van der Waals surface area contributed by atoms with E-state index in [1.54, 1.807) is 44.2 Å². The Kier molecular flexibility index (Phi) is 6.97. The molecule has 1 atom stereocenters. The van der Waals surface area contributed by atoms with Gasteiger partial charge in [0.1, 0.15) is 6.54 Å². The van der Waals surface area contributed by atoms with Crippen LogP contribution >= 0.6 is 11.6 Å². The van der Waals surface area contributed by atoms with Gasteiger partial charge < -0.3 is 5.32 Å². The third-order valence-corrected chi connectivity index (χ3v) is 7.05. The van der Waals surface area contributed by atoms with Crippen molar-refractivity contribution in [2.24, 2.45) is 0 Å². The average molecular weight is 459 g/mol. The van der Waals surface area contributed by atoms with Crippen molar-refractivity contribution < 1.29 is 21.6 Å². The van der Waals surface area contributed by atoms with Crippen molar-refractivity contribution in [1.29, 1.82) is 0 Å². The van der Waals surface area contributed by atoms with E-state index in [4.69, 9.17) is 11.6 Å². The van der Waals surface area contributed by atoms with E-state index in [0.717, 1.165) is 16.8 Å². The molecule has 0 aliphatic heterocycles. The highest BCUT2D eigenvalue weighted by molar-refractivity contribution is 7.92. The molecule has 2 aromatic carbocycles. The van der Waals surface area contributed by atoms with Crippen molar-refractivity contribution in [3.05, 3.63) is 58.6 Å². The molecule has 29 heavy (non-hydrogen) atoms. The monoisotopic (exact) mass is 458 g/mol. The van der Waals surface area contributed by atoms with Crippen LogP contribution in [-0.2, 0) is 24.7 Å². The maximum Gasteiger partial charge on any atom is 0.241 e. The quantitative estimate of drug-likeness (QED) is 0.687. The molecule has 1 amide bonds. The second-order valence-corrected chi connectivity index (χ2v) is 11.1. The fourth-order valence-electron chi connectivity index (χ4n) is 2.75. The number of nitrogens with zero attached hydrogens (tertiary/aromatic N) is 1. The third-order valence-electron chi connectivity index (χ3n) is 4.38. The van der Waals surface area contributed by atoms with Crippen molar-refractivity contribution in [3.63, 3.8) is 0 Å². The van der Waals surface area contributed by atoms with Crippen molar-refractivity contribution in [1.82, 2.24) is 5.32 Å². The number of amides is 1. The molecule has 0 bridgehead atoms. The summed E-state index contributed by atoms with van der Waals surface area (Å²) in [5, 5.41) is 3.13. The number of benzene rings is 2. The molecule has 2 rings (SSSR count). The summed E-state index contributed by atoms with van der Waals surface area (Å²) in [5.41, 5.74) is 1.58. The first kappa shape index (κ1) is 23.2. The van der Waals surface area contributed by atoms with Crippen molar-refractivity contribution >= 4 is 43.1 Å². The van der Waals surface area contributed by atoms with E-state index < -0.39 is 38.4 Å². The van der Waals surface area contributed by atoms with Crippen LogP contribution in [0.5, 0.6) is 0 Å². The van der Waals surface area contributed by atoms with Gasteiger partial charge >= 0.3 is 0 Å². The molecular formula is C19H23ClN2O5S2. The summed E-state index contributed by atoms with van der Waals surface area (Å²) in [6.45, 7) is 2.99. The SMILES string of the molecule is Cc1c(Cl)cccc1N(CC(=O)NC(C)c1ccc(S(C)(=O)=O)cc1)S(C)(=O)=O. The van der Waals surface area contributed by atoms with Crippen LogP contribution in [0.2, 0.25) is 5.02 Å². The van der Waals surface area contributed by atoms with Crippen LogP contribution < -0.4 is 9.62 Å². The Morgan fingerprint density at radius 3 is 2.17 bits per heavy atom. The van der Waals surface area contributed by atoms with E-state index in [2.05, 4.69) is 5.32 Å². The number of anilines is 1. The summed E-state index contributed by atoms with van der Waals surface area (Å²) in [4.78, 5) is 12.7.